The van der Waals surface area contributed by atoms with E-state index in [9.17, 15) is 4.39 Å². The summed E-state index contributed by atoms with van der Waals surface area (Å²) >= 11 is 0. The van der Waals surface area contributed by atoms with E-state index in [-0.39, 0.29) is 5.82 Å². The number of halogens is 1. The van der Waals surface area contributed by atoms with Gasteiger partial charge in [-0.3, -0.25) is 4.79 Å². The Morgan fingerprint density at radius 3 is 2.50 bits per heavy atom. The highest BCUT2D eigenvalue weighted by molar-refractivity contribution is 5.66. The van der Waals surface area contributed by atoms with E-state index in [1.165, 1.54) is 12.1 Å². The zero-order valence-corrected chi connectivity index (χ0v) is 9.46. The molecular formula is C12H16FNO2. The molecule has 0 heterocycles. The van der Waals surface area contributed by atoms with Gasteiger partial charge < -0.3 is 10.8 Å². The van der Waals surface area contributed by atoms with Crippen LogP contribution in [0.1, 0.15) is 25.0 Å². The van der Waals surface area contributed by atoms with Crippen molar-refractivity contribution < 1.29 is 14.3 Å². The molecule has 0 amide bonds. The van der Waals surface area contributed by atoms with Crippen LogP contribution in [0.5, 0.6) is 0 Å². The number of aliphatic carboxylic acids is 1. The lowest BCUT2D eigenvalue weighted by Gasteiger charge is -2.06. The SMILES string of the molecule is C=Cc1c(N)cc(F)cc1CC.CC(=O)O. The van der Waals surface area contributed by atoms with Gasteiger partial charge in [0.15, 0.2) is 0 Å². The van der Waals surface area contributed by atoms with Gasteiger partial charge in [-0.15, -0.1) is 0 Å². The number of aryl methyl sites for hydroxylation is 1. The standard InChI is InChI=1S/C10H12FN.C2H4O2/c1-3-7-5-8(11)6-10(12)9(7)4-2;1-2(3)4/h4-6H,2-3,12H2,1H3;1H3,(H,3,4). The maximum absolute atomic E-state index is 12.8. The van der Waals surface area contributed by atoms with Gasteiger partial charge in [0.2, 0.25) is 0 Å². The van der Waals surface area contributed by atoms with Crippen LogP contribution in [0.25, 0.3) is 6.08 Å². The molecule has 1 rings (SSSR count). The summed E-state index contributed by atoms with van der Waals surface area (Å²) in [7, 11) is 0. The second-order valence-electron chi connectivity index (χ2n) is 3.14. The molecule has 0 bridgehead atoms. The van der Waals surface area contributed by atoms with Gasteiger partial charge in [-0.1, -0.05) is 19.6 Å². The van der Waals surface area contributed by atoms with Gasteiger partial charge in [-0.05, 0) is 24.1 Å². The highest BCUT2D eigenvalue weighted by atomic mass is 19.1. The third-order valence-corrected chi connectivity index (χ3v) is 1.85. The largest absolute Gasteiger partial charge is 0.481 e. The fraction of sp³-hybridized carbons (Fsp3) is 0.250. The smallest absolute Gasteiger partial charge is 0.300 e. The number of anilines is 1. The van der Waals surface area contributed by atoms with Crippen LogP contribution in [0, 0.1) is 5.82 Å². The lowest BCUT2D eigenvalue weighted by Crippen LogP contribution is -1.96. The summed E-state index contributed by atoms with van der Waals surface area (Å²) in [5.74, 6) is -1.12. The van der Waals surface area contributed by atoms with Crippen LogP contribution in [0.15, 0.2) is 18.7 Å². The van der Waals surface area contributed by atoms with Gasteiger partial charge >= 0.3 is 0 Å². The molecule has 16 heavy (non-hydrogen) atoms. The Hall–Kier alpha value is -1.84. The molecule has 3 N–H and O–H groups in total. The predicted molar refractivity (Wildman–Crippen MR) is 63.6 cm³/mol. The van der Waals surface area contributed by atoms with Crippen molar-refractivity contribution in [3.05, 3.63) is 35.7 Å². The third kappa shape index (κ3) is 4.59. The molecule has 0 fully saturated rings. The molecule has 0 aromatic heterocycles. The molecule has 0 radical (unpaired) electrons. The summed E-state index contributed by atoms with van der Waals surface area (Å²) in [5, 5.41) is 7.42. The number of carbonyl (C=O) groups is 1. The predicted octanol–water partition coefficient (Wildman–Crippen LogP) is 2.70. The number of carboxylic acid groups (broad SMARTS) is 1. The van der Waals surface area contributed by atoms with Crippen molar-refractivity contribution in [1.82, 2.24) is 0 Å². The zero-order valence-electron chi connectivity index (χ0n) is 9.46. The molecule has 1 aromatic carbocycles. The molecule has 0 aliphatic rings. The van der Waals surface area contributed by atoms with Crippen molar-refractivity contribution >= 4 is 17.7 Å². The van der Waals surface area contributed by atoms with E-state index < -0.39 is 5.97 Å². The van der Waals surface area contributed by atoms with E-state index in [1.54, 1.807) is 6.08 Å². The van der Waals surface area contributed by atoms with Crippen molar-refractivity contribution in [3.8, 4) is 0 Å². The average Bonchev–Trinajstić information content (AvgIpc) is 2.15. The lowest BCUT2D eigenvalue weighted by molar-refractivity contribution is -0.134. The monoisotopic (exact) mass is 225 g/mol. The van der Waals surface area contributed by atoms with E-state index in [0.29, 0.717) is 5.69 Å². The second-order valence-corrected chi connectivity index (χ2v) is 3.14. The molecular weight excluding hydrogens is 209 g/mol. The van der Waals surface area contributed by atoms with Crippen LogP contribution in [0.4, 0.5) is 10.1 Å². The first-order valence-electron chi connectivity index (χ1n) is 4.82. The summed E-state index contributed by atoms with van der Waals surface area (Å²) in [5.41, 5.74) is 7.81. The van der Waals surface area contributed by atoms with Crippen LogP contribution < -0.4 is 5.73 Å². The Bertz CT molecular complexity index is 385. The lowest BCUT2D eigenvalue weighted by atomic mass is 10.0. The summed E-state index contributed by atoms with van der Waals surface area (Å²) in [6.07, 6.45) is 2.43. The van der Waals surface area contributed by atoms with E-state index in [0.717, 1.165) is 24.5 Å². The minimum Gasteiger partial charge on any atom is -0.481 e. The molecule has 3 nitrogen and oxygen atoms in total. The summed E-state index contributed by atoms with van der Waals surface area (Å²) in [6, 6.07) is 2.81. The Morgan fingerprint density at radius 2 is 2.12 bits per heavy atom. The normalized spacial score (nSPS) is 8.94. The maximum atomic E-state index is 12.8. The fourth-order valence-corrected chi connectivity index (χ4v) is 1.24. The number of nitrogen functional groups attached to an aromatic ring is 1. The highest BCUT2D eigenvalue weighted by Gasteiger charge is 2.03. The van der Waals surface area contributed by atoms with E-state index in [1.807, 2.05) is 6.92 Å². The number of rotatable bonds is 2. The highest BCUT2D eigenvalue weighted by Crippen LogP contribution is 2.20. The third-order valence-electron chi connectivity index (χ3n) is 1.85. The fourth-order valence-electron chi connectivity index (χ4n) is 1.24. The first-order valence-corrected chi connectivity index (χ1v) is 4.82. The van der Waals surface area contributed by atoms with E-state index in [2.05, 4.69) is 6.58 Å². The van der Waals surface area contributed by atoms with Crippen LogP contribution in [-0.2, 0) is 11.2 Å². The molecule has 0 atom stereocenters. The Balaban J connectivity index is 0.000000487. The van der Waals surface area contributed by atoms with Crippen molar-refractivity contribution in [2.75, 3.05) is 5.73 Å². The van der Waals surface area contributed by atoms with Crippen LogP contribution in [0.3, 0.4) is 0 Å². The van der Waals surface area contributed by atoms with Crippen LogP contribution >= 0.6 is 0 Å². The van der Waals surface area contributed by atoms with Gasteiger partial charge in [-0.25, -0.2) is 4.39 Å². The number of hydrogen-bond acceptors (Lipinski definition) is 2. The van der Waals surface area contributed by atoms with Crippen LogP contribution in [-0.4, -0.2) is 11.1 Å². The maximum Gasteiger partial charge on any atom is 0.300 e. The van der Waals surface area contributed by atoms with Crippen molar-refractivity contribution in [1.29, 1.82) is 0 Å². The molecule has 88 valence electrons. The summed E-state index contributed by atoms with van der Waals surface area (Å²) in [6.45, 7) is 6.67. The zero-order chi connectivity index (χ0) is 12.7. The number of hydrogen-bond donors (Lipinski definition) is 2. The number of nitrogens with two attached hydrogens (primary N) is 1. The Kier molecular flexibility index (Phi) is 5.85. The summed E-state index contributed by atoms with van der Waals surface area (Å²) in [4.78, 5) is 9.00. The van der Waals surface area contributed by atoms with Crippen molar-refractivity contribution in [2.45, 2.75) is 20.3 Å². The van der Waals surface area contributed by atoms with Gasteiger partial charge in [0, 0.05) is 18.2 Å². The second kappa shape index (κ2) is 6.61. The van der Waals surface area contributed by atoms with Crippen molar-refractivity contribution in [3.63, 3.8) is 0 Å². The minimum absolute atomic E-state index is 0.282. The van der Waals surface area contributed by atoms with Gasteiger partial charge in [0.25, 0.3) is 5.97 Å². The van der Waals surface area contributed by atoms with Gasteiger partial charge in [-0.2, -0.15) is 0 Å². The number of benzene rings is 1. The topological polar surface area (TPSA) is 63.3 Å². The minimum atomic E-state index is -0.833. The molecule has 0 aliphatic carbocycles. The molecule has 1 aromatic rings. The molecule has 0 spiro atoms. The number of carboxylic acids is 1. The Labute approximate surface area is 94.4 Å². The average molecular weight is 225 g/mol. The molecule has 0 aliphatic heterocycles. The molecule has 0 saturated carbocycles. The quantitative estimate of drug-likeness (QED) is 0.760. The first kappa shape index (κ1) is 14.2. The van der Waals surface area contributed by atoms with Gasteiger partial charge in [0.05, 0.1) is 0 Å². The molecule has 4 heteroatoms. The van der Waals surface area contributed by atoms with Gasteiger partial charge in [0.1, 0.15) is 5.82 Å². The molecule has 0 unspecified atom stereocenters. The molecule has 0 saturated heterocycles. The van der Waals surface area contributed by atoms with E-state index in [4.69, 9.17) is 15.6 Å². The Morgan fingerprint density at radius 1 is 1.62 bits per heavy atom. The van der Waals surface area contributed by atoms with Crippen molar-refractivity contribution in [2.24, 2.45) is 0 Å². The van der Waals surface area contributed by atoms with Crippen LogP contribution in [0.2, 0.25) is 0 Å². The first-order chi connectivity index (χ1) is 7.42. The van der Waals surface area contributed by atoms with E-state index >= 15 is 0 Å². The summed E-state index contributed by atoms with van der Waals surface area (Å²) < 4.78 is 12.8.